The number of rotatable bonds is 11. The number of ether oxygens (including phenoxy) is 1. The number of esters is 1. The first-order valence-corrected chi connectivity index (χ1v) is 16.4. The van der Waals surface area contributed by atoms with Crippen LogP contribution in [0.25, 0.3) is 0 Å². The number of nitrogens with one attached hydrogen (secondary N) is 1. The summed E-state index contributed by atoms with van der Waals surface area (Å²) in [6.07, 6.45) is 10.8. The van der Waals surface area contributed by atoms with E-state index in [9.17, 15) is 14.7 Å². The first-order valence-electron chi connectivity index (χ1n) is 16.4. The lowest BCUT2D eigenvalue weighted by molar-refractivity contribution is -0.167. The van der Waals surface area contributed by atoms with Crippen molar-refractivity contribution >= 4 is 17.8 Å². The van der Waals surface area contributed by atoms with Crippen LogP contribution in [0.4, 0.5) is 0 Å². The zero-order valence-electron chi connectivity index (χ0n) is 25.9. The predicted molar refractivity (Wildman–Crippen MR) is 161 cm³/mol. The fraction of sp³-hybridized carbons (Fsp3) is 0.906. The van der Waals surface area contributed by atoms with E-state index >= 15 is 0 Å². The average Bonchev–Trinajstić information content (AvgIpc) is 3.27. The molecule has 8 N–H and O–H groups in total. The van der Waals surface area contributed by atoms with Crippen LogP contribution in [0.1, 0.15) is 105 Å². The fourth-order valence-electron chi connectivity index (χ4n) is 10.1. The van der Waals surface area contributed by atoms with Gasteiger partial charge in [-0.05, 0) is 124 Å². The summed E-state index contributed by atoms with van der Waals surface area (Å²) in [4.78, 5) is 28.8. The molecule has 0 aliphatic heterocycles. The molecular weight excluding hydrogens is 518 g/mol. The highest BCUT2D eigenvalue weighted by Gasteiger charge is 2.62. The minimum absolute atomic E-state index is 0.0566. The number of aliphatic imine (C=N–C) groups is 1. The number of nitrogens with zero attached hydrogens (tertiary/aromatic N) is 1. The summed E-state index contributed by atoms with van der Waals surface area (Å²) in [5.41, 5.74) is 17.3. The van der Waals surface area contributed by atoms with Gasteiger partial charge >= 0.3 is 5.97 Å². The monoisotopic (exact) mass is 575 g/mol. The number of carbonyl (C=O) groups excluding carboxylic acids is 2. The van der Waals surface area contributed by atoms with Crippen molar-refractivity contribution in [3.63, 3.8) is 0 Å². The van der Waals surface area contributed by atoms with Gasteiger partial charge < -0.3 is 32.4 Å². The molecule has 4 fully saturated rings. The second-order valence-electron chi connectivity index (χ2n) is 14.4. The molecule has 234 valence electrons. The van der Waals surface area contributed by atoms with Crippen LogP contribution in [0.3, 0.4) is 0 Å². The van der Waals surface area contributed by atoms with E-state index in [1.165, 1.54) is 25.7 Å². The summed E-state index contributed by atoms with van der Waals surface area (Å²) >= 11 is 0. The smallest absolute Gasteiger partial charge is 0.305 e. The molecule has 0 aromatic heterocycles. The lowest BCUT2D eigenvalue weighted by atomic mass is 9.43. The number of aliphatic hydroxyl groups excluding tert-OH is 1. The summed E-state index contributed by atoms with van der Waals surface area (Å²) in [7, 11) is 0. The molecule has 11 atom stereocenters. The molecule has 4 rings (SSSR count). The summed E-state index contributed by atoms with van der Waals surface area (Å²) in [5, 5.41) is 14.9. The third kappa shape index (κ3) is 6.71. The summed E-state index contributed by atoms with van der Waals surface area (Å²) < 4.78 is 5.19. The molecule has 0 unspecified atom stereocenters. The second kappa shape index (κ2) is 13.2. The highest BCUT2D eigenvalue weighted by Crippen LogP contribution is 2.68. The Kier molecular flexibility index (Phi) is 10.3. The molecule has 41 heavy (non-hydrogen) atoms. The third-order valence-electron chi connectivity index (χ3n) is 12.2. The molecule has 4 aliphatic rings. The summed E-state index contributed by atoms with van der Waals surface area (Å²) in [5.74, 6) is 2.77. The lowest BCUT2D eigenvalue weighted by Crippen LogP contribution is -2.60. The van der Waals surface area contributed by atoms with E-state index in [0.29, 0.717) is 67.9 Å². The van der Waals surface area contributed by atoms with Crippen molar-refractivity contribution in [2.45, 2.75) is 123 Å². The molecule has 0 radical (unpaired) electrons. The fourth-order valence-corrected chi connectivity index (χ4v) is 10.1. The molecule has 9 nitrogen and oxygen atoms in total. The Bertz CT molecular complexity index is 956. The molecule has 0 aromatic carbocycles. The van der Waals surface area contributed by atoms with Crippen LogP contribution in [0, 0.1) is 46.3 Å². The van der Waals surface area contributed by atoms with Crippen molar-refractivity contribution in [3.8, 4) is 0 Å². The molecule has 0 aromatic rings. The van der Waals surface area contributed by atoms with Crippen molar-refractivity contribution < 1.29 is 19.4 Å². The molecule has 9 heteroatoms. The van der Waals surface area contributed by atoms with Crippen LogP contribution >= 0.6 is 0 Å². The molecule has 4 aliphatic carbocycles. The maximum absolute atomic E-state index is 12.8. The third-order valence-corrected chi connectivity index (χ3v) is 12.2. The van der Waals surface area contributed by atoms with E-state index in [-0.39, 0.29) is 40.8 Å². The van der Waals surface area contributed by atoms with Gasteiger partial charge in [0.05, 0.1) is 18.8 Å². The van der Waals surface area contributed by atoms with Crippen LogP contribution < -0.4 is 22.5 Å². The van der Waals surface area contributed by atoms with Crippen LogP contribution in [0.15, 0.2) is 4.99 Å². The van der Waals surface area contributed by atoms with Gasteiger partial charge in [-0.1, -0.05) is 20.8 Å². The molecule has 0 heterocycles. The van der Waals surface area contributed by atoms with Crippen molar-refractivity contribution in [3.05, 3.63) is 0 Å². The predicted octanol–water partition coefficient (Wildman–Crippen LogP) is 3.46. The standard InChI is InChI=1S/C32H57N5O4/c1-5-41-27(39)11-8-19(2)22-9-10-23-28-24(13-15-32(22,23)4)31(3)14-12-21(17-20(31)18-26(28)38)37-29(40)25(33)7-6-16-36-30(34)35/h19-26,28,38H,5-18,33H2,1-4H3,(H,37,40)(H4,34,35,36)/t19-,20+,21-,22-,23+,24+,25+,26-,28+,31+,32-/m1/s1. The maximum atomic E-state index is 12.8. The zero-order chi connectivity index (χ0) is 29.9. The first-order chi connectivity index (χ1) is 19.4. The van der Waals surface area contributed by atoms with Crippen molar-refractivity contribution in [2.24, 2.45) is 68.5 Å². The van der Waals surface area contributed by atoms with E-state index in [1.54, 1.807) is 0 Å². The Morgan fingerprint density at radius 2 is 1.76 bits per heavy atom. The van der Waals surface area contributed by atoms with Gasteiger partial charge in [-0.25, -0.2) is 0 Å². The minimum atomic E-state index is -0.565. The summed E-state index contributed by atoms with van der Waals surface area (Å²) in [6.45, 7) is 10.1. The molecule has 1 amide bonds. The quantitative estimate of drug-likeness (QED) is 0.109. The van der Waals surface area contributed by atoms with Gasteiger partial charge in [-0.15, -0.1) is 0 Å². The molecular formula is C32H57N5O4. The minimum Gasteiger partial charge on any atom is -0.466 e. The van der Waals surface area contributed by atoms with E-state index in [4.69, 9.17) is 21.9 Å². The maximum Gasteiger partial charge on any atom is 0.305 e. The van der Waals surface area contributed by atoms with Crippen LogP contribution in [-0.4, -0.2) is 54.3 Å². The largest absolute Gasteiger partial charge is 0.466 e. The highest BCUT2D eigenvalue weighted by molar-refractivity contribution is 5.81. The topological polar surface area (TPSA) is 166 Å². The number of aliphatic hydroxyl groups is 1. The number of hydrogen-bond donors (Lipinski definition) is 5. The molecule has 0 spiro atoms. The Hall–Kier alpha value is -1.87. The Morgan fingerprint density at radius 3 is 2.46 bits per heavy atom. The lowest BCUT2D eigenvalue weighted by Gasteiger charge is -2.62. The number of guanidine groups is 1. The Labute approximate surface area is 247 Å². The SMILES string of the molecule is CCOC(=O)CC[C@@H](C)[C@H]1CC[C@H]2[C@@H]3[C@H](O)C[C@@H]4C[C@H](NC(=O)[C@@H](N)CCCN=C(N)N)CC[C@]4(C)[C@H]3CC[C@]12C. The number of hydrogen-bond acceptors (Lipinski definition) is 6. The van der Waals surface area contributed by atoms with Gasteiger partial charge in [0.1, 0.15) is 0 Å². The van der Waals surface area contributed by atoms with Gasteiger partial charge in [0.2, 0.25) is 5.91 Å². The molecule has 0 saturated heterocycles. The van der Waals surface area contributed by atoms with Crippen LogP contribution in [0.2, 0.25) is 0 Å². The Balaban J connectivity index is 1.36. The van der Waals surface area contributed by atoms with Gasteiger partial charge in [-0.3, -0.25) is 14.6 Å². The van der Waals surface area contributed by atoms with Crippen molar-refractivity contribution in [1.29, 1.82) is 0 Å². The Morgan fingerprint density at radius 1 is 1.05 bits per heavy atom. The second-order valence-corrected chi connectivity index (χ2v) is 14.4. The normalized spacial score (nSPS) is 39.4. The van der Waals surface area contributed by atoms with E-state index < -0.39 is 6.04 Å². The number of carbonyl (C=O) groups is 2. The van der Waals surface area contributed by atoms with Gasteiger partial charge in [0.25, 0.3) is 0 Å². The molecule has 4 saturated carbocycles. The highest BCUT2D eigenvalue weighted by atomic mass is 16.5. The van der Waals surface area contributed by atoms with Gasteiger partial charge in [0.15, 0.2) is 5.96 Å². The van der Waals surface area contributed by atoms with Gasteiger partial charge in [-0.2, -0.15) is 0 Å². The van der Waals surface area contributed by atoms with E-state index in [1.807, 2.05) is 6.92 Å². The van der Waals surface area contributed by atoms with Crippen molar-refractivity contribution in [1.82, 2.24) is 5.32 Å². The van der Waals surface area contributed by atoms with E-state index in [0.717, 1.165) is 32.1 Å². The number of fused-ring (bicyclic) bond motifs is 5. The van der Waals surface area contributed by atoms with Crippen LogP contribution in [-0.2, 0) is 14.3 Å². The van der Waals surface area contributed by atoms with Crippen LogP contribution in [0.5, 0.6) is 0 Å². The first kappa shape index (κ1) is 32.1. The van der Waals surface area contributed by atoms with Crippen molar-refractivity contribution in [2.75, 3.05) is 13.2 Å². The van der Waals surface area contributed by atoms with E-state index in [2.05, 4.69) is 31.1 Å². The average molecular weight is 576 g/mol. The number of nitrogens with two attached hydrogens (primary N) is 3. The van der Waals surface area contributed by atoms with Gasteiger partial charge in [0, 0.05) is 19.0 Å². The number of amides is 1. The zero-order valence-corrected chi connectivity index (χ0v) is 25.9. The molecule has 0 bridgehead atoms. The summed E-state index contributed by atoms with van der Waals surface area (Å²) in [6, 6.07) is -0.456.